The fraction of sp³-hybridized carbons (Fsp3) is 0.276. The number of hydrogen-bond acceptors (Lipinski definition) is 4. The Morgan fingerprint density at radius 3 is 2.41 bits per heavy atom. The first-order valence-electron chi connectivity index (χ1n) is 12.5. The number of non-ortho nitro benzene ring substituents is 1. The number of halogens is 1. The molecule has 0 spiro atoms. The number of benzene rings is 3. The van der Waals surface area contributed by atoms with Crippen molar-refractivity contribution in [2.45, 2.75) is 25.8 Å². The SMILES string of the molecule is CCn1cc(C(CC(=O)N2CCN(c3ccc([N+](=O)[O-])cc3)CC2)c2cccc(Cl)c2)c2ccccc21. The number of para-hydroxylation sites is 1. The van der Waals surface area contributed by atoms with Gasteiger partial charge in [0.05, 0.1) is 4.92 Å². The van der Waals surface area contributed by atoms with Gasteiger partial charge >= 0.3 is 0 Å². The Hall–Kier alpha value is -3.84. The molecule has 1 fully saturated rings. The zero-order valence-electron chi connectivity index (χ0n) is 20.7. The number of nitrogens with zero attached hydrogens (tertiary/aromatic N) is 4. The highest BCUT2D eigenvalue weighted by Crippen LogP contribution is 2.36. The molecule has 1 atom stereocenters. The van der Waals surface area contributed by atoms with Crippen molar-refractivity contribution in [1.82, 2.24) is 9.47 Å². The molecular formula is C29H29ClN4O3. The third-order valence-electron chi connectivity index (χ3n) is 7.22. The summed E-state index contributed by atoms with van der Waals surface area (Å²) >= 11 is 6.37. The Balaban J connectivity index is 1.36. The number of nitro benzene ring substituents is 1. The Morgan fingerprint density at radius 1 is 1.00 bits per heavy atom. The Morgan fingerprint density at radius 2 is 1.73 bits per heavy atom. The lowest BCUT2D eigenvalue weighted by Crippen LogP contribution is -2.49. The zero-order chi connectivity index (χ0) is 25.9. The molecule has 37 heavy (non-hydrogen) atoms. The highest BCUT2D eigenvalue weighted by atomic mass is 35.5. The predicted molar refractivity (Wildman–Crippen MR) is 147 cm³/mol. The number of carbonyl (C=O) groups excluding carboxylic acids is 1. The van der Waals surface area contributed by atoms with Crippen molar-refractivity contribution >= 4 is 39.8 Å². The van der Waals surface area contributed by atoms with Crippen molar-refractivity contribution < 1.29 is 9.72 Å². The second-order valence-corrected chi connectivity index (χ2v) is 9.78. The summed E-state index contributed by atoms with van der Waals surface area (Å²) in [5.74, 6) is -0.00161. The van der Waals surface area contributed by atoms with Crippen LogP contribution in [0.4, 0.5) is 11.4 Å². The summed E-state index contributed by atoms with van der Waals surface area (Å²) in [5.41, 5.74) is 4.34. The molecule has 0 saturated carbocycles. The number of hydrogen-bond donors (Lipinski definition) is 0. The van der Waals surface area contributed by atoms with E-state index in [1.807, 2.05) is 35.2 Å². The first-order chi connectivity index (χ1) is 17.9. The number of rotatable bonds is 7. The average Bonchev–Trinajstić information content (AvgIpc) is 3.30. The van der Waals surface area contributed by atoms with Crippen molar-refractivity contribution in [3.8, 4) is 0 Å². The second kappa shape index (κ2) is 10.6. The molecule has 8 heteroatoms. The summed E-state index contributed by atoms with van der Waals surface area (Å²) in [5, 5.41) is 12.8. The average molecular weight is 517 g/mol. The van der Waals surface area contributed by atoms with Gasteiger partial charge in [-0.3, -0.25) is 14.9 Å². The van der Waals surface area contributed by atoms with E-state index in [1.165, 1.54) is 12.1 Å². The monoisotopic (exact) mass is 516 g/mol. The highest BCUT2D eigenvalue weighted by Gasteiger charge is 2.27. The Bertz CT molecular complexity index is 1420. The normalized spacial score (nSPS) is 14.6. The minimum atomic E-state index is -0.394. The number of amides is 1. The predicted octanol–water partition coefficient (Wildman–Crippen LogP) is 6.09. The van der Waals surface area contributed by atoms with Crippen molar-refractivity contribution in [3.05, 3.63) is 105 Å². The number of carbonyl (C=O) groups is 1. The van der Waals surface area contributed by atoms with E-state index in [9.17, 15) is 14.9 Å². The van der Waals surface area contributed by atoms with Crippen LogP contribution in [0.1, 0.15) is 30.4 Å². The van der Waals surface area contributed by atoms with Crippen LogP contribution in [0.15, 0.2) is 79.0 Å². The van der Waals surface area contributed by atoms with Gasteiger partial charge in [0.25, 0.3) is 5.69 Å². The van der Waals surface area contributed by atoms with E-state index in [2.05, 4.69) is 40.8 Å². The summed E-state index contributed by atoms with van der Waals surface area (Å²) in [4.78, 5) is 28.3. The fourth-order valence-corrected chi connectivity index (χ4v) is 5.45. The van der Waals surface area contributed by atoms with E-state index < -0.39 is 4.92 Å². The number of anilines is 1. The molecule has 1 aliphatic rings. The lowest BCUT2D eigenvalue weighted by atomic mass is 9.87. The molecule has 0 N–H and O–H groups in total. The third kappa shape index (κ3) is 5.18. The number of fused-ring (bicyclic) bond motifs is 1. The molecule has 5 rings (SSSR count). The number of nitro groups is 1. The zero-order valence-corrected chi connectivity index (χ0v) is 21.5. The quantitative estimate of drug-likeness (QED) is 0.220. The third-order valence-corrected chi connectivity index (χ3v) is 7.46. The van der Waals surface area contributed by atoms with Crippen molar-refractivity contribution in [3.63, 3.8) is 0 Å². The molecule has 1 saturated heterocycles. The van der Waals surface area contributed by atoms with Crippen LogP contribution < -0.4 is 4.90 Å². The molecule has 0 aliphatic carbocycles. The smallest absolute Gasteiger partial charge is 0.269 e. The van der Waals surface area contributed by atoms with Gasteiger partial charge in [-0.1, -0.05) is 41.9 Å². The van der Waals surface area contributed by atoms with Crippen LogP contribution >= 0.6 is 11.6 Å². The molecule has 0 radical (unpaired) electrons. The minimum absolute atomic E-state index is 0.0778. The maximum atomic E-state index is 13.6. The summed E-state index contributed by atoms with van der Waals surface area (Å²) in [6.07, 6.45) is 2.53. The van der Waals surface area contributed by atoms with E-state index in [0.717, 1.165) is 34.3 Å². The van der Waals surface area contributed by atoms with Crippen LogP contribution in [0.25, 0.3) is 10.9 Å². The molecule has 1 unspecified atom stereocenters. The molecular weight excluding hydrogens is 488 g/mol. The molecule has 0 bridgehead atoms. The van der Waals surface area contributed by atoms with Crippen molar-refractivity contribution in [2.24, 2.45) is 0 Å². The van der Waals surface area contributed by atoms with Gasteiger partial charge in [-0.15, -0.1) is 0 Å². The Labute approximate surface area is 221 Å². The van der Waals surface area contributed by atoms with Crippen LogP contribution in [-0.4, -0.2) is 46.5 Å². The van der Waals surface area contributed by atoms with Gasteiger partial charge in [0.2, 0.25) is 5.91 Å². The highest BCUT2D eigenvalue weighted by molar-refractivity contribution is 6.30. The van der Waals surface area contributed by atoms with Crippen molar-refractivity contribution in [1.29, 1.82) is 0 Å². The summed E-state index contributed by atoms with van der Waals surface area (Å²) in [6.45, 7) is 5.55. The van der Waals surface area contributed by atoms with Crippen molar-refractivity contribution in [2.75, 3.05) is 31.1 Å². The van der Waals surface area contributed by atoms with Gasteiger partial charge in [0, 0.05) is 85.0 Å². The number of aromatic nitrogens is 1. The standard InChI is InChI=1S/C29H29ClN4O3/c1-2-31-20-27(25-8-3-4-9-28(25)31)26(21-6-5-7-22(30)18-21)19-29(35)33-16-14-32(15-17-33)23-10-12-24(13-11-23)34(36)37/h3-13,18,20,26H,2,14-17,19H2,1H3. The van der Waals surface area contributed by atoms with E-state index in [4.69, 9.17) is 11.6 Å². The lowest BCUT2D eigenvalue weighted by molar-refractivity contribution is -0.384. The molecule has 1 amide bonds. The molecule has 4 aromatic rings. The first kappa shape index (κ1) is 24.8. The van der Waals surface area contributed by atoms with Gasteiger partial charge in [-0.05, 0) is 48.4 Å². The van der Waals surface area contributed by atoms with Crippen LogP contribution in [0.2, 0.25) is 5.02 Å². The lowest BCUT2D eigenvalue weighted by Gasteiger charge is -2.36. The van der Waals surface area contributed by atoms with Crippen LogP contribution in [0.5, 0.6) is 0 Å². The van der Waals surface area contributed by atoms with Gasteiger partial charge in [0.15, 0.2) is 0 Å². The van der Waals surface area contributed by atoms with E-state index in [0.29, 0.717) is 37.6 Å². The molecule has 7 nitrogen and oxygen atoms in total. The minimum Gasteiger partial charge on any atom is -0.368 e. The maximum absolute atomic E-state index is 13.6. The summed E-state index contributed by atoms with van der Waals surface area (Å²) < 4.78 is 2.23. The summed E-state index contributed by atoms with van der Waals surface area (Å²) in [6, 6.07) is 22.7. The molecule has 1 aromatic heterocycles. The van der Waals surface area contributed by atoms with Gasteiger partial charge < -0.3 is 14.4 Å². The fourth-order valence-electron chi connectivity index (χ4n) is 5.25. The Kier molecular flexibility index (Phi) is 7.15. The van der Waals surface area contributed by atoms with E-state index >= 15 is 0 Å². The molecule has 3 aromatic carbocycles. The second-order valence-electron chi connectivity index (χ2n) is 9.34. The molecule has 1 aliphatic heterocycles. The van der Waals surface area contributed by atoms with Gasteiger partial charge in [-0.2, -0.15) is 0 Å². The molecule has 2 heterocycles. The number of aryl methyl sites for hydroxylation is 1. The van der Waals surface area contributed by atoms with E-state index in [-0.39, 0.29) is 17.5 Å². The largest absolute Gasteiger partial charge is 0.368 e. The molecule has 190 valence electrons. The van der Waals surface area contributed by atoms with Gasteiger partial charge in [-0.25, -0.2) is 0 Å². The van der Waals surface area contributed by atoms with Crippen LogP contribution in [0.3, 0.4) is 0 Å². The topological polar surface area (TPSA) is 71.6 Å². The van der Waals surface area contributed by atoms with E-state index in [1.54, 1.807) is 12.1 Å². The van der Waals surface area contributed by atoms with Crippen LogP contribution in [-0.2, 0) is 11.3 Å². The van der Waals surface area contributed by atoms with Crippen LogP contribution in [0, 0.1) is 10.1 Å². The first-order valence-corrected chi connectivity index (χ1v) is 12.9. The maximum Gasteiger partial charge on any atom is 0.269 e. The summed E-state index contributed by atoms with van der Waals surface area (Å²) in [7, 11) is 0. The number of piperazine rings is 1. The van der Waals surface area contributed by atoms with Gasteiger partial charge in [0.1, 0.15) is 0 Å².